The topological polar surface area (TPSA) is 81.8 Å². The van der Waals surface area contributed by atoms with E-state index in [9.17, 15) is 9.59 Å². The zero-order chi connectivity index (χ0) is 22.1. The number of carbonyl (C=O) groups excluding carboxylic acids is 1. The van der Waals surface area contributed by atoms with Gasteiger partial charge in [0.25, 0.3) is 5.56 Å². The summed E-state index contributed by atoms with van der Waals surface area (Å²) in [7, 11) is 0. The van der Waals surface area contributed by atoms with Crippen LogP contribution in [0.2, 0.25) is 5.02 Å². The highest BCUT2D eigenvalue weighted by Crippen LogP contribution is 2.29. The second-order valence-electron chi connectivity index (χ2n) is 7.30. The predicted octanol–water partition coefficient (Wildman–Crippen LogP) is 4.17. The van der Waals surface area contributed by atoms with Crippen LogP contribution in [0.4, 0.5) is 5.69 Å². The smallest absolute Gasteiger partial charge is 0.267 e. The van der Waals surface area contributed by atoms with E-state index in [2.05, 4.69) is 26.2 Å². The van der Waals surface area contributed by atoms with E-state index >= 15 is 0 Å². The van der Waals surface area contributed by atoms with Crippen LogP contribution in [-0.2, 0) is 17.9 Å². The van der Waals surface area contributed by atoms with Gasteiger partial charge in [0, 0.05) is 46.4 Å². The van der Waals surface area contributed by atoms with Crippen molar-refractivity contribution in [3.63, 3.8) is 0 Å². The number of aromatic nitrogens is 4. The summed E-state index contributed by atoms with van der Waals surface area (Å²) in [4.78, 5) is 29.4. The van der Waals surface area contributed by atoms with Crippen LogP contribution in [0.15, 0.2) is 76.8 Å². The highest BCUT2D eigenvalue weighted by molar-refractivity contribution is 7.99. The van der Waals surface area contributed by atoms with Crippen LogP contribution in [0.5, 0.6) is 0 Å². The van der Waals surface area contributed by atoms with Crippen molar-refractivity contribution in [2.75, 3.05) is 11.1 Å². The van der Waals surface area contributed by atoms with Gasteiger partial charge in [0.1, 0.15) is 6.54 Å². The number of carbonyl (C=O) groups is 1. The van der Waals surface area contributed by atoms with Gasteiger partial charge >= 0.3 is 0 Å². The quantitative estimate of drug-likeness (QED) is 0.480. The molecule has 32 heavy (non-hydrogen) atoms. The molecule has 1 aliphatic rings. The lowest BCUT2D eigenvalue weighted by molar-refractivity contribution is -0.117. The number of amides is 1. The number of fused-ring (bicyclic) bond motifs is 1. The molecule has 160 valence electrons. The maximum absolute atomic E-state index is 12.5. The van der Waals surface area contributed by atoms with E-state index in [1.807, 2.05) is 36.4 Å². The van der Waals surface area contributed by atoms with Gasteiger partial charge in [-0.2, -0.15) is 5.10 Å². The molecule has 0 unspecified atom stereocenters. The summed E-state index contributed by atoms with van der Waals surface area (Å²) in [5, 5.41) is 8.79. The minimum Gasteiger partial charge on any atom is -0.325 e. The number of nitrogens with zero attached hydrogens (tertiary/aromatic N) is 4. The van der Waals surface area contributed by atoms with Gasteiger partial charge in [0.15, 0.2) is 5.16 Å². The summed E-state index contributed by atoms with van der Waals surface area (Å²) in [5.74, 6) is 0.728. The Bertz CT molecular complexity index is 1320. The summed E-state index contributed by atoms with van der Waals surface area (Å²) in [6, 6.07) is 17.6. The molecule has 0 aliphatic carbocycles. The number of aryl methyl sites for hydroxylation is 1. The highest BCUT2D eigenvalue weighted by atomic mass is 35.5. The van der Waals surface area contributed by atoms with Crippen molar-refractivity contribution in [1.29, 1.82) is 0 Å². The Balaban J connectivity index is 1.27. The number of imidazole rings is 1. The first-order valence-electron chi connectivity index (χ1n) is 9.99. The number of thioether (sulfide) groups is 1. The summed E-state index contributed by atoms with van der Waals surface area (Å²) in [6.45, 7) is 0.792. The fourth-order valence-corrected chi connectivity index (χ4v) is 4.52. The van der Waals surface area contributed by atoms with Gasteiger partial charge in [0.2, 0.25) is 5.91 Å². The molecule has 9 heteroatoms. The second-order valence-corrected chi connectivity index (χ2v) is 8.80. The van der Waals surface area contributed by atoms with E-state index in [-0.39, 0.29) is 18.0 Å². The summed E-state index contributed by atoms with van der Waals surface area (Å²) >= 11 is 7.68. The molecule has 1 N–H and O–H groups in total. The second kappa shape index (κ2) is 8.64. The maximum Gasteiger partial charge on any atom is 0.267 e. The monoisotopic (exact) mass is 463 g/mol. The van der Waals surface area contributed by atoms with E-state index in [4.69, 9.17) is 11.6 Å². The van der Waals surface area contributed by atoms with Crippen LogP contribution in [0.25, 0.3) is 22.5 Å². The van der Waals surface area contributed by atoms with Crippen molar-refractivity contribution in [2.24, 2.45) is 0 Å². The molecule has 0 radical (unpaired) electrons. The molecule has 0 spiro atoms. The Morgan fingerprint density at radius 3 is 2.47 bits per heavy atom. The molecule has 1 aliphatic heterocycles. The first-order valence-corrected chi connectivity index (χ1v) is 11.4. The molecular formula is C23H18ClN5O2S. The minimum atomic E-state index is -0.348. The van der Waals surface area contributed by atoms with E-state index in [0.29, 0.717) is 16.4 Å². The summed E-state index contributed by atoms with van der Waals surface area (Å²) in [5.41, 5.74) is 3.59. The molecule has 0 saturated carbocycles. The van der Waals surface area contributed by atoms with Crippen molar-refractivity contribution >= 4 is 35.0 Å². The zero-order valence-electron chi connectivity index (χ0n) is 16.9. The standard InChI is InChI=1S/C23H18ClN5O2S/c24-17-5-1-15(2-6-17)19-9-10-22(31)29(27-19)14-21(30)25-18-7-3-16(4-8-18)20-13-28-11-12-32-23(28)26-20/h1-10,13H,11-12,14H2,(H,25,30). The van der Waals surface area contributed by atoms with Crippen LogP contribution < -0.4 is 10.9 Å². The summed E-state index contributed by atoms with van der Waals surface area (Å²) < 4.78 is 3.30. The third kappa shape index (κ3) is 4.32. The highest BCUT2D eigenvalue weighted by Gasteiger charge is 2.15. The number of halogens is 1. The lowest BCUT2D eigenvalue weighted by Crippen LogP contribution is -2.29. The number of hydrogen-bond acceptors (Lipinski definition) is 5. The van der Waals surface area contributed by atoms with Crippen molar-refractivity contribution in [3.8, 4) is 22.5 Å². The number of nitrogens with one attached hydrogen (secondary N) is 1. The third-order valence-electron chi connectivity index (χ3n) is 5.07. The third-order valence-corrected chi connectivity index (χ3v) is 6.29. The van der Waals surface area contributed by atoms with E-state index in [1.54, 1.807) is 30.0 Å². The molecule has 0 fully saturated rings. The number of anilines is 1. The average molecular weight is 464 g/mol. The lowest BCUT2D eigenvalue weighted by Gasteiger charge is -2.09. The molecule has 0 atom stereocenters. The number of hydrogen-bond donors (Lipinski definition) is 1. The Hall–Kier alpha value is -3.36. The Labute approximate surface area is 193 Å². The van der Waals surface area contributed by atoms with Gasteiger partial charge in [-0.15, -0.1) is 0 Å². The van der Waals surface area contributed by atoms with Crippen molar-refractivity contribution in [2.45, 2.75) is 18.2 Å². The van der Waals surface area contributed by atoms with E-state index < -0.39 is 0 Å². The van der Waals surface area contributed by atoms with Gasteiger partial charge in [-0.05, 0) is 30.3 Å². The molecule has 7 nitrogen and oxygen atoms in total. The van der Waals surface area contributed by atoms with Gasteiger partial charge in [0.05, 0.1) is 11.4 Å². The van der Waals surface area contributed by atoms with Crippen LogP contribution in [0.3, 0.4) is 0 Å². The summed E-state index contributed by atoms with van der Waals surface area (Å²) in [6.07, 6.45) is 2.05. The van der Waals surface area contributed by atoms with Crippen molar-refractivity contribution in [3.05, 3.63) is 82.2 Å². The van der Waals surface area contributed by atoms with Crippen molar-refractivity contribution < 1.29 is 4.79 Å². The largest absolute Gasteiger partial charge is 0.325 e. The fraction of sp³-hybridized carbons (Fsp3) is 0.130. The van der Waals surface area contributed by atoms with Crippen LogP contribution in [-0.4, -0.2) is 31.0 Å². The Morgan fingerprint density at radius 1 is 1.00 bits per heavy atom. The molecule has 0 bridgehead atoms. The maximum atomic E-state index is 12.5. The van der Waals surface area contributed by atoms with Gasteiger partial charge in [-0.3, -0.25) is 9.59 Å². The zero-order valence-corrected chi connectivity index (χ0v) is 18.4. The predicted molar refractivity (Wildman–Crippen MR) is 126 cm³/mol. The van der Waals surface area contributed by atoms with Gasteiger partial charge < -0.3 is 9.88 Å². The van der Waals surface area contributed by atoms with Crippen LogP contribution in [0, 0.1) is 0 Å². The molecule has 0 saturated heterocycles. The molecule has 1 amide bonds. The van der Waals surface area contributed by atoms with Gasteiger partial charge in [-0.1, -0.05) is 47.6 Å². The molecule has 5 rings (SSSR count). The van der Waals surface area contributed by atoms with E-state index in [0.717, 1.165) is 39.0 Å². The SMILES string of the molecule is O=C(Cn1nc(-c2ccc(Cl)cc2)ccc1=O)Nc1ccc(-c2cn3c(n2)SCC3)cc1. The molecule has 4 aromatic rings. The molecule has 2 aromatic carbocycles. The van der Waals surface area contributed by atoms with E-state index in [1.165, 1.54) is 6.07 Å². The fourth-order valence-electron chi connectivity index (χ4n) is 3.45. The van der Waals surface area contributed by atoms with Crippen molar-refractivity contribution in [1.82, 2.24) is 19.3 Å². The average Bonchev–Trinajstić information content (AvgIpc) is 3.39. The molecular weight excluding hydrogens is 446 g/mol. The van der Waals surface area contributed by atoms with Crippen LogP contribution >= 0.6 is 23.4 Å². The van der Waals surface area contributed by atoms with Gasteiger partial charge in [-0.25, -0.2) is 9.67 Å². The normalized spacial score (nSPS) is 12.5. The number of rotatable bonds is 5. The number of benzene rings is 2. The Kier molecular flexibility index (Phi) is 5.55. The first kappa shape index (κ1) is 20.5. The Morgan fingerprint density at radius 2 is 1.72 bits per heavy atom. The minimum absolute atomic E-state index is 0.187. The molecule has 3 heterocycles. The molecule has 2 aromatic heterocycles. The first-order chi connectivity index (χ1) is 15.5. The van der Waals surface area contributed by atoms with Crippen LogP contribution in [0.1, 0.15) is 0 Å². The lowest BCUT2D eigenvalue weighted by atomic mass is 10.1.